The molecule has 2 aromatic carbocycles. The number of benzene rings is 2. The molecule has 144 valence electrons. The highest BCUT2D eigenvalue weighted by Gasteiger charge is 2.09. The summed E-state index contributed by atoms with van der Waals surface area (Å²) in [6.45, 7) is 0.336. The van der Waals surface area contributed by atoms with E-state index in [1.54, 1.807) is 29.1 Å². The zero-order valence-electron chi connectivity index (χ0n) is 15.8. The minimum Gasteiger partial charge on any atom is -0.351 e. The van der Waals surface area contributed by atoms with Crippen LogP contribution in [0.3, 0.4) is 0 Å². The van der Waals surface area contributed by atoms with Gasteiger partial charge in [0.25, 0.3) is 0 Å². The van der Waals surface area contributed by atoms with Gasteiger partial charge in [-0.15, -0.1) is 0 Å². The van der Waals surface area contributed by atoms with E-state index in [9.17, 15) is 9.18 Å². The Kier molecular flexibility index (Phi) is 4.83. The third-order valence-electron chi connectivity index (χ3n) is 4.72. The molecule has 0 saturated carbocycles. The molecule has 0 aliphatic carbocycles. The van der Waals surface area contributed by atoms with Crippen LogP contribution in [-0.2, 0) is 24.8 Å². The smallest absolute Gasteiger partial charge is 0.229 e. The molecule has 0 unspecified atom stereocenters. The lowest BCUT2D eigenvalue weighted by atomic mass is 10.1. The van der Waals surface area contributed by atoms with Crippen molar-refractivity contribution in [2.24, 2.45) is 7.05 Å². The molecule has 29 heavy (non-hydrogen) atoms. The molecule has 0 radical (unpaired) electrons. The Labute approximate surface area is 166 Å². The van der Waals surface area contributed by atoms with Crippen molar-refractivity contribution >= 4 is 22.6 Å². The van der Waals surface area contributed by atoms with Gasteiger partial charge < -0.3 is 9.88 Å². The predicted molar refractivity (Wildman–Crippen MR) is 108 cm³/mol. The van der Waals surface area contributed by atoms with E-state index in [1.807, 2.05) is 42.1 Å². The summed E-state index contributed by atoms with van der Waals surface area (Å²) in [6, 6.07) is 15.9. The van der Waals surface area contributed by atoms with Crippen LogP contribution < -0.4 is 5.32 Å². The highest BCUT2D eigenvalue weighted by molar-refractivity contribution is 5.92. The third-order valence-corrected chi connectivity index (χ3v) is 4.72. The summed E-state index contributed by atoms with van der Waals surface area (Å²) in [5, 5.41) is 17.0. The highest BCUT2D eigenvalue weighted by atomic mass is 19.1. The number of hydrogen-bond donors (Lipinski definition) is 1. The van der Waals surface area contributed by atoms with Crippen LogP contribution in [0.4, 0.5) is 10.2 Å². The van der Waals surface area contributed by atoms with Gasteiger partial charge in [0, 0.05) is 31.0 Å². The Morgan fingerprint density at radius 1 is 1.14 bits per heavy atom. The van der Waals surface area contributed by atoms with Gasteiger partial charge in [-0.2, -0.15) is 10.4 Å². The van der Waals surface area contributed by atoms with Gasteiger partial charge in [0.15, 0.2) is 5.82 Å². The SMILES string of the molecule is Cn1ccc2ccc(CC(=O)Nc3ccn(Cc4ccc(C#N)c(F)c4)n3)cc21. The molecule has 0 fully saturated rings. The van der Waals surface area contributed by atoms with Gasteiger partial charge in [-0.3, -0.25) is 9.48 Å². The Balaban J connectivity index is 1.40. The zero-order chi connectivity index (χ0) is 20.4. The first kappa shape index (κ1) is 18.4. The average Bonchev–Trinajstić information content (AvgIpc) is 3.28. The molecule has 2 heterocycles. The largest absolute Gasteiger partial charge is 0.351 e. The first-order valence-electron chi connectivity index (χ1n) is 9.07. The molecule has 7 heteroatoms. The van der Waals surface area contributed by atoms with Crippen LogP contribution >= 0.6 is 0 Å². The van der Waals surface area contributed by atoms with Crippen LogP contribution in [0.2, 0.25) is 0 Å². The number of amides is 1. The second kappa shape index (κ2) is 7.60. The van der Waals surface area contributed by atoms with Gasteiger partial charge >= 0.3 is 0 Å². The number of anilines is 1. The molecule has 0 aliphatic heterocycles. The molecule has 4 rings (SSSR count). The lowest BCUT2D eigenvalue weighted by Crippen LogP contribution is -2.15. The van der Waals surface area contributed by atoms with E-state index < -0.39 is 5.82 Å². The van der Waals surface area contributed by atoms with Crippen LogP contribution in [0.25, 0.3) is 10.9 Å². The van der Waals surface area contributed by atoms with Crippen LogP contribution in [-0.4, -0.2) is 20.3 Å². The average molecular weight is 387 g/mol. The van der Waals surface area contributed by atoms with Crippen molar-refractivity contribution in [3.8, 4) is 6.07 Å². The number of aromatic nitrogens is 3. The topological polar surface area (TPSA) is 75.6 Å². The number of halogens is 1. The summed E-state index contributed by atoms with van der Waals surface area (Å²) in [6.07, 6.45) is 3.94. The predicted octanol–water partition coefficient (Wildman–Crippen LogP) is 3.62. The number of nitriles is 1. The number of aryl methyl sites for hydroxylation is 1. The number of carbonyl (C=O) groups is 1. The Hall–Kier alpha value is -3.92. The molecule has 1 N–H and O–H groups in total. The molecule has 0 atom stereocenters. The summed E-state index contributed by atoms with van der Waals surface area (Å²) in [5.74, 6) is -0.279. The van der Waals surface area contributed by atoms with Crippen LogP contribution in [0.5, 0.6) is 0 Å². The van der Waals surface area contributed by atoms with Crippen LogP contribution in [0.15, 0.2) is 60.9 Å². The van der Waals surface area contributed by atoms with Crippen molar-refractivity contribution in [1.29, 1.82) is 5.26 Å². The fraction of sp³-hybridized carbons (Fsp3) is 0.136. The van der Waals surface area contributed by atoms with Crippen molar-refractivity contribution in [1.82, 2.24) is 14.3 Å². The van der Waals surface area contributed by atoms with E-state index >= 15 is 0 Å². The van der Waals surface area contributed by atoms with Crippen molar-refractivity contribution in [3.63, 3.8) is 0 Å². The normalized spacial score (nSPS) is 10.8. The van der Waals surface area contributed by atoms with E-state index in [0.29, 0.717) is 17.9 Å². The van der Waals surface area contributed by atoms with Crippen molar-refractivity contribution in [2.45, 2.75) is 13.0 Å². The van der Waals surface area contributed by atoms with Gasteiger partial charge in [-0.1, -0.05) is 18.2 Å². The third kappa shape index (κ3) is 4.01. The molecule has 0 aliphatic rings. The minimum absolute atomic E-state index is 0.00991. The lowest BCUT2D eigenvalue weighted by molar-refractivity contribution is -0.115. The maximum Gasteiger partial charge on any atom is 0.229 e. The minimum atomic E-state index is -0.555. The van der Waals surface area contributed by atoms with Crippen molar-refractivity contribution in [3.05, 3.63) is 83.4 Å². The maximum atomic E-state index is 13.7. The fourth-order valence-electron chi connectivity index (χ4n) is 3.24. The second-order valence-corrected chi connectivity index (χ2v) is 6.87. The highest BCUT2D eigenvalue weighted by Crippen LogP contribution is 2.17. The van der Waals surface area contributed by atoms with Crippen molar-refractivity contribution < 1.29 is 9.18 Å². The molecule has 0 bridgehead atoms. The standard InChI is InChI=1S/C22H18FN5O/c1-27-8-6-17-4-2-15(11-20(17)27)12-22(29)25-21-7-9-28(26-21)14-16-3-5-18(13-24)19(23)10-16/h2-11H,12,14H2,1H3,(H,25,26,29). The fourth-order valence-corrected chi connectivity index (χ4v) is 3.24. The lowest BCUT2D eigenvalue weighted by Gasteiger charge is -2.05. The van der Waals surface area contributed by atoms with E-state index in [1.165, 1.54) is 12.1 Å². The van der Waals surface area contributed by atoms with Gasteiger partial charge in [-0.05, 0) is 40.8 Å². The van der Waals surface area contributed by atoms with E-state index in [2.05, 4.69) is 10.4 Å². The summed E-state index contributed by atoms with van der Waals surface area (Å²) in [5.41, 5.74) is 2.69. The number of rotatable bonds is 5. The summed E-state index contributed by atoms with van der Waals surface area (Å²) in [7, 11) is 1.97. The van der Waals surface area contributed by atoms with Crippen LogP contribution in [0.1, 0.15) is 16.7 Å². The first-order chi connectivity index (χ1) is 14.0. The maximum absolute atomic E-state index is 13.7. The van der Waals surface area contributed by atoms with E-state index in [-0.39, 0.29) is 17.9 Å². The molecule has 6 nitrogen and oxygen atoms in total. The van der Waals surface area contributed by atoms with Crippen molar-refractivity contribution in [2.75, 3.05) is 5.32 Å². The van der Waals surface area contributed by atoms with Gasteiger partial charge in [0.05, 0.1) is 18.5 Å². The quantitative estimate of drug-likeness (QED) is 0.568. The molecule has 2 aromatic heterocycles. The Morgan fingerprint density at radius 3 is 2.76 bits per heavy atom. The molecular weight excluding hydrogens is 369 g/mol. The van der Waals surface area contributed by atoms with E-state index in [4.69, 9.17) is 5.26 Å². The number of fused-ring (bicyclic) bond motifs is 1. The summed E-state index contributed by atoms with van der Waals surface area (Å²) in [4.78, 5) is 12.4. The van der Waals surface area contributed by atoms with Crippen LogP contribution in [0, 0.1) is 17.1 Å². The number of nitrogens with zero attached hydrogens (tertiary/aromatic N) is 4. The first-order valence-corrected chi connectivity index (χ1v) is 9.07. The molecule has 0 spiro atoms. The molecule has 1 amide bonds. The van der Waals surface area contributed by atoms with Gasteiger partial charge in [0.1, 0.15) is 11.9 Å². The van der Waals surface area contributed by atoms with E-state index in [0.717, 1.165) is 16.5 Å². The number of carbonyl (C=O) groups excluding carboxylic acids is 1. The second-order valence-electron chi connectivity index (χ2n) is 6.87. The Morgan fingerprint density at radius 2 is 1.97 bits per heavy atom. The summed E-state index contributed by atoms with van der Waals surface area (Å²) >= 11 is 0. The molecule has 0 saturated heterocycles. The molecular formula is C22H18FN5O. The number of nitrogens with one attached hydrogen (secondary N) is 1. The zero-order valence-corrected chi connectivity index (χ0v) is 15.8. The van der Waals surface area contributed by atoms with Gasteiger partial charge in [0.2, 0.25) is 5.91 Å². The molecule has 4 aromatic rings. The monoisotopic (exact) mass is 387 g/mol. The van der Waals surface area contributed by atoms with Gasteiger partial charge in [-0.25, -0.2) is 4.39 Å². The Bertz CT molecular complexity index is 1250. The number of hydrogen-bond acceptors (Lipinski definition) is 3. The summed E-state index contributed by atoms with van der Waals surface area (Å²) < 4.78 is 17.4.